The zero-order valence-corrected chi connectivity index (χ0v) is 11.8. The van der Waals surface area contributed by atoms with Crippen molar-refractivity contribution < 1.29 is 14.6 Å². The van der Waals surface area contributed by atoms with Crippen LogP contribution in [-0.4, -0.2) is 23.2 Å². The minimum absolute atomic E-state index is 0.147. The van der Waals surface area contributed by atoms with E-state index in [2.05, 4.69) is 15.2 Å². The molecule has 0 fully saturated rings. The van der Waals surface area contributed by atoms with E-state index < -0.39 is 5.97 Å². The van der Waals surface area contributed by atoms with Crippen molar-refractivity contribution in [1.82, 2.24) is 4.98 Å². The van der Waals surface area contributed by atoms with Gasteiger partial charge in [0.25, 0.3) is 0 Å². The van der Waals surface area contributed by atoms with Crippen molar-refractivity contribution in [1.29, 1.82) is 0 Å². The highest BCUT2D eigenvalue weighted by Gasteiger charge is 2.17. The Balaban J connectivity index is 2.09. The average molecular weight is 295 g/mol. The van der Waals surface area contributed by atoms with Gasteiger partial charge in [-0.2, -0.15) is 5.11 Å². The summed E-state index contributed by atoms with van der Waals surface area (Å²) in [4.78, 5) is 14.5. The summed E-state index contributed by atoms with van der Waals surface area (Å²) in [6.45, 7) is 0. The Morgan fingerprint density at radius 3 is 2.59 bits per heavy atom. The van der Waals surface area contributed by atoms with E-state index in [1.165, 1.54) is 7.11 Å². The highest BCUT2D eigenvalue weighted by Crippen LogP contribution is 2.37. The van der Waals surface area contributed by atoms with Crippen LogP contribution >= 0.6 is 0 Å². The number of hydrogen-bond donors (Lipinski definition) is 2. The van der Waals surface area contributed by atoms with Gasteiger partial charge in [-0.05, 0) is 18.2 Å². The summed E-state index contributed by atoms with van der Waals surface area (Å²) in [5.74, 6) is -0.635. The van der Waals surface area contributed by atoms with E-state index >= 15 is 0 Å². The number of fused-ring (bicyclic) bond motifs is 1. The Kier molecular flexibility index (Phi) is 3.57. The topological polar surface area (TPSA) is 87.0 Å². The van der Waals surface area contributed by atoms with Crippen molar-refractivity contribution in [2.75, 3.05) is 7.11 Å². The summed E-state index contributed by atoms with van der Waals surface area (Å²) >= 11 is 0. The minimum atomic E-state index is -0.488. The number of azo groups is 1. The molecule has 2 N–H and O–H groups in total. The number of hydrogen-bond acceptors (Lipinski definition) is 5. The fraction of sp³-hybridized carbons (Fsp3) is 0.0625. The van der Waals surface area contributed by atoms with E-state index in [1.807, 2.05) is 18.2 Å². The zero-order chi connectivity index (χ0) is 15.5. The van der Waals surface area contributed by atoms with E-state index in [0.717, 1.165) is 0 Å². The number of aromatic hydroxyl groups is 1. The number of aromatic nitrogens is 1. The number of para-hydroxylation sites is 1. The Labute approximate surface area is 126 Å². The second kappa shape index (κ2) is 5.69. The van der Waals surface area contributed by atoms with Gasteiger partial charge in [0.2, 0.25) is 5.88 Å². The second-order valence-electron chi connectivity index (χ2n) is 4.58. The molecule has 22 heavy (non-hydrogen) atoms. The van der Waals surface area contributed by atoms with Crippen LogP contribution in [0.25, 0.3) is 10.9 Å². The van der Waals surface area contributed by atoms with Crippen LogP contribution in [0.1, 0.15) is 10.4 Å². The third-order valence-electron chi connectivity index (χ3n) is 3.21. The fourth-order valence-corrected chi connectivity index (χ4v) is 2.17. The number of H-pyrrole nitrogens is 1. The summed E-state index contributed by atoms with van der Waals surface area (Å²) in [7, 11) is 1.31. The molecule has 6 nitrogen and oxygen atoms in total. The maximum atomic E-state index is 11.7. The lowest BCUT2D eigenvalue weighted by Gasteiger charge is -2.00. The van der Waals surface area contributed by atoms with E-state index in [9.17, 15) is 9.90 Å². The molecule has 2 aromatic carbocycles. The summed E-state index contributed by atoms with van der Waals surface area (Å²) in [6.07, 6.45) is 0. The van der Waals surface area contributed by atoms with Gasteiger partial charge in [0, 0.05) is 5.39 Å². The first-order chi connectivity index (χ1) is 10.7. The molecule has 0 unspecified atom stereocenters. The fourth-order valence-electron chi connectivity index (χ4n) is 2.17. The van der Waals surface area contributed by atoms with Gasteiger partial charge < -0.3 is 14.8 Å². The molecule has 1 heterocycles. The predicted octanol–water partition coefficient (Wildman–Crippen LogP) is 4.08. The molecule has 3 aromatic rings. The van der Waals surface area contributed by atoms with Gasteiger partial charge in [-0.3, -0.25) is 0 Å². The molecule has 0 radical (unpaired) electrons. The third kappa shape index (κ3) is 2.42. The van der Waals surface area contributed by atoms with Crippen molar-refractivity contribution in [2.24, 2.45) is 10.2 Å². The lowest BCUT2D eigenvalue weighted by molar-refractivity contribution is 0.0603. The van der Waals surface area contributed by atoms with Crippen molar-refractivity contribution in [3.05, 3.63) is 54.1 Å². The SMILES string of the molecule is COC(=O)c1cccc2c(N=Nc3ccccc3)c(O)[nH]c12. The van der Waals surface area contributed by atoms with Crippen LogP contribution in [0, 0.1) is 0 Å². The first kappa shape index (κ1) is 13.8. The first-order valence-corrected chi connectivity index (χ1v) is 6.59. The Morgan fingerprint density at radius 2 is 1.86 bits per heavy atom. The molecule has 0 aliphatic heterocycles. The average Bonchev–Trinajstić information content (AvgIpc) is 2.88. The number of rotatable bonds is 3. The van der Waals surface area contributed by atoms with Crippen LogP contribution in [0.4, 0.5) is 11.4 Å². The standard InChI is InChI=1S/C16H13N3O3/c1-22-16(21)12-9-5-8-11-13(12)17-15(20)14(11)19-18-10-6-3-2-4-7-10/h2-9,17,20H,1H3. The van der Waals surface area contributed by atoms with Gasteiger partial charge in [-0.15, -0.1) is 5.11 Å². The van der Waals surface area contributed by atoms with Crippen LogP contribution < -0.4 is 0 Å². The smallest absolute Gasteiger partial charge is 0.339 e. The molecule has 3 rings (SSSR count). The largest absolute Gasteiger partial charge is 0.493 e. The number of esters is 1. The second-order valence-corrected chi connectivity index (χ2v) is 4.58. The van der Waals surface area contributed by atoms with Gasteiger partial charge in [0.15, 0.2) is 5.69 Å². The van der Waals surface area contributed by atoms with Crippen LogP contribution in [0.5, 0.6) is 5.88 Å². The molecule has 110 valence electrons. The van der Waals surface area contributed by atoms with Crippen LogP contribution in [0.15, 0.2) is 58.8 Å². The lowest BCUT2D eigenvalue weighted by Crippen LogP contribution is -2.01. The number of nitrogens with one attached hydrogen (secondary N) is 1. The number of carbonyl (C=O) groups is 1. The maximum Gasteiger partial charge on any atom is 0.339 e. The predicted molar refractivity (Wildman–Crippen MR) is 81.9 cm³/mol. The van der Waals surface area contributed by atoms with Gasteiger partial charge in [-0.1, -0.05) is 30.3 Å². The van der Waals surface area contributed by atoms with Gasteiger partial charge >= 0.3 is 5.97 Å². The van der Waals surface area contributed by atoms with E-state index in [4.69, 9.17) is 4.74 Å². The summed E-state index contributed by atoms with van der Waals surface area (Å²) in [5, 5.41) is 18.8. The molecule has 0 spiro atoms. The van der Waals surface area contributed by atoms with E-state index in [0.29, 0.717) is 22.2 Å². The molecule has 6 heteroatoms. The molecular weight excluding hydrogens is 282 g/mol. The van der Waals surface area contributed by atoms with E-state index in [1.54, 1.807) is 30.3 Å². The summed E-state index contributed by atoms with van der Waals surface area (Å²) in [5.41, 5.74) is 1.75. The van der Waals surface area contributed by atoms with Crippen LogP contribution in [0.2, 0.25) is 0 Å². The summed E-state index contributed by atoms with van der Waals surface area (Å²) < 4.78 is 4.73. The Hall–Kier alpha value is -3.15. The Bertz CT molecular complexity index is 854. The van der Waals surface area contributed by atoms with Crippen molar-refractivity contribution in [3.8, 4) is 5.88 Å². The van der Waals surface area contributed by atoms with Crippen LogP contribution in [0.3, 0.4) is 0 Å². The first-order valence-electron chi connectivity index (χ1n) is 6.59. The minimum Gasteiger partial charge on any atom is -0.493 e. The molecule has 0 atom stereocenters. The quantitative estimate of drug-likeness (QED) is 0.564. The van der Waals surface area contributed by atoms with Crippen molar-refractivity contribution >= 4 is 28.2 Å². The molecule has 0 amide bonds. The van der Waals surface area contributed by atoms with Crippen molar-refractivity contribution in [2.45, 2.75) is 0 Å². The third-order valence-corrected chi connectivity index (χ3v) is 3.21. The molecule has 0 saturated carbocycles. The number of ether oxygens (including phenoxy) is 1. The summed E-state index contributed by atoms with van der Waals surface area (Å²) in [6, 6.07) is 14.2. The Morgan fingerprint density at radius 1 is 1.09 bits per heavy atom. The van der Waals surface area contributed by atoms with Crippen molar-refractivity contribution in [3.63, 3.8) is 0 Å². The van der Waals surface area contributed by atoms with E-state index in [-0.39, 0.29) is 11.6 Å². The van der Waals surface area contributed by atoms with Gasteiger partial charge in [0.05, 0.1) is 23.9 Å². The number of aromatic amines is 1. The molecule has 1 aromatic heterocycles. The van der Waals surface area contributed by atoms with Gasteiger partial charge in [0.1, 0.15) is 0 Å². The monoisotopic (exact) mass is 295 g/mol. The lowest BCUT2D eigenvalue weighted by atomic mass is 10.1. The number of benzene rings is 2. The van der Waals surface area contributed by atoms with Gasteiger partial charge in [-0.25, -0.2) is 4.79 Å². The van der Waals surface area contributed by atoms with Crippen LogP contribution in [-0.2, 0) is 4.74 Å². The molecule has 0 bridgehead atoms. The highest BCUT2D eigenvalue weighted by molar-refractivity contribution is 6.07. The molecular formula is C16H13N3O3. The normalized spacial score (nSPS) is 11.1. The zero-order valence-electron chi connectivity index (χ0n) is 11.8. The number of carbonyl (C=O) groups excluding carboxylic acids is 1. The maximum absolute atomic E-state index is 11.7. The highest BCUT2D eigenvalue weighted by atomic mass is 16.5. The number of nitrogens with zero attached hydrogens (tertiary/aromatic N) is 2. The molecule has 0 saturated heterocycles. The molecule has 0 aliphatic rings. The number of methoxy groups -OCH3 is 1. The molecule has 0 aliphatic carbocycles.